The van der Waals surface area contributed by atoms with E-state index in [1.165, 1.54) is 0 Å². The number of rotatable bonds is 6. The summed E-state index contributed by atoms with van der Waals surface area (Å²) in [5.74, 6) is 0.0932. The van der Waals surface area contributed by atoms with Gasteiger partial charge >= 0.3 is 0 Å². The molecule has 1 amide bonds. The highest BCUT2D eigenvalue weighted by Gasteiger charge is 2.11. The zero-order chi connectivity index (χ0) is 12.0. The summed E-state index contributed by atoms with van der Waals surface area (Å²) in [4.78, 5) is 15.9. The number of nitrogens with one attached hydrogen (secondary N) is 2. The van der Waals surface area contributed by atoms with Crippen molar-refractivity contribution < 1.29 is 4.79 Å². The van der Waals surface area contributed by atoms with Gasteiger partial charge in [-0.05, 0) is 33.9 Å². The van der Waals surface area contributed by atoms with E-state index >= 15 is 0 Å². The molecule has 90 valence electrons. The van der Waals surface area contributed by atoms with E-state index in [0.717, 1.165) is 23.7 Å². The smallest absolute Gasteiger partial charge is 0.220 e. The number of hydrogen-bond acceptors (Lipinski definition) is 4. The van der Waals surface area contributed by atoms with Crippen LogP contribution in [-0.4, -0.2) is 24.5 Å². The quantitative estimate of drug-likeness (QED) is 0.744. The molecule has 4 nitrogen and oxygen atoms in total. The molecule has 1 atom stereocenters. The molecular formula is C11H19N3OS. The van der Waals surface area contributed by atoms with Gasteiger partial charge in [-0.3, -0.25) is 4.79 Å². The van der Waals surface area contributed by atoms with Crippen molar-refractivity contribution in [3.05, 3.63) is 16.1 Å². The van der Waals surface area contributed by atoms with Crippen molar-refractivity contribution in [2.45, 2.75) is 32.7 Å². The molecule has 5 heteroatoms. The van der Waals surface area contributed by atoms with Gasteiger partial charge in [0.15, 0.2) is 0 Å². The molecule has 0 saturated heterocycles. The average molecular weight is 241 g/mol. The van der Waals surface area contributed by atoms with E-state index in [1.54, 1.807) is 11.3 Å². The van der Waals surface area contributed by atoms with Crippen LogP contribution in [0.5, 0.6) is 0 Å². The van der Waals surface area contributed by atoms with E-state index < -0.39 is 0 Å². The van der Waals surface area contributed by atoms with E-state index in [1.807, 2.05) is 26.3 Å². The third-order valence-corrected chi connectivity index (χ3v) is 3.36. The van der Waals surface area contributed by atoms with Crippen LogP contribution in [0.3, 0.4) is 0 Å². The summed E-state index contributed by atoms with van der Waals surface area (Å²) in [6.07, 6.45) is 1.43. The second-order valence-corrected chi connectivity index (χ2v) is 4.71. The molecule has 0 aromatic carbocycles. The Kier molecular flexibility index (Phi) is 5.42. The van der Waals surface area contributed by atoms with Gasteiger partial charge in [-0.15, -0.1) is 11.3 Å². The summed E-state index contributed by atoms with van der Waals surface area (Å²) in [7, 11) is 1.89. The Bertz CT molecular complexity index is 338. The Labute approximate surface area is 100 Å². The Morgan fingerprint density at radius 1 is 1.62 bits per heavy atom. The first kappa shape index (κ1) is 13.1. The molecular weight excluding hydrogens is 222 g/mol. The maximum Gasteiger partial charge on any atom is 0.220 e. The van der Waals surface area contributed by atoms with Crippen molar-refractivity contribution in [1.82, 2.24) is 15.6 Å². The largest absolute Gasteiger partial charge is 0.347 e. The van der Waals surface area contributed by atoms with Crippen LogP contribution in [0.15, 0.2) is 5.38 Å². The summed E-state index contributed by atoms with van der Waals surface area (Å²) >= 11 is 1.59. The second kappa shape index (κ2) is 6.60. The van der Waals surface area contributed by atoms with Gasteiger partial charge in [0.2, 0.25) is 5.91 Å². The predicted octanol–water partition coefficient (Wildman–Crippen LogP) is 1.63. The molecule has 0 aliphatic heterocycles. The first-order valence-corrected chi connectivity index (χ1v) is 6.37. The van der Waals surface area contributed by atoms with E-state index in [0.29, 0.717) is 6.42 Å². The van der Waals surface area contributed by atoms with Crippen molar-refractivity contribution >= 4 is 17.2 Å². The highest BCUT2D eigenvalue weighted by Crippen LogP contribution is 2.17. The van der Waals surface area contributed by atoms with E-state index in [-0.39, 0.29) is 11.9 Å². The van der Waals surface area contributed by atoms with Crippen LogP contribution in [0.1, 0.15) is 36.5 Å². The van der Waals surface area contributed by atoms with E-state index in [4.69, 9.17) is 0 Å². The monoisotopic (exact) mass is 241 g/mol. The van der Waals surface area contributed by atoms with Crippen LogP contribution in [0.4, 0.5) is 0 Å². The van der Waals surface area contributed by atoms with Crippen LogP contribution >= 0.6 is 11.3 Å². The summed E-state index contributed by atoms with van der Waals surface area (Å²) in [5, 5.41) is 8.94. The van der Waals surface area contributed by atoms with Gasteiger partial charge in [-0.1, -0.05) is 0 Å². The molecule has 1 heterocycles. The van der Waals surface area contributed by atoms with Gasteiger partial charge in [0, 0.05) is 17.5 Å². The lowest BCUT2D eigenvalue weighted by Crippen LogP contribution is -2.27. The number of hydrogen-bond donors (Lipinski definition) is 2. The lowest BCUT2D eigenvalue weighted by molar-refractivity contribution is -0.121. The minimum atomic E-state index is 0.0146. The van der Waals surface area contributed by atoms with Crippen LogP contribution in [-0.2, 0) is 4.79 Å². The summed E-state index contributed by atoms with van der Waals surface area (Å²) in [6, 6.07) is 0.0146. The maximum absolute atomic E-state index is 11.5. The summed E-state index contributed by atoms with van der Waals surface area (Å²) in [5.41, 5.74) is 1.01. The first-order valence-electron chi connectivity index (χ1n) is 5.49. The fourth-order valence-corrected chi connectivity index (χ4v) is 2.18. The van der Waals surface area contributed by atoms with Crippen LogP contribution in [0.2, 0.25) is 0 Å². The molecule has 2 N–H and O–H groups in total. The van der Waals surface area contributed by atoms with Crippen molar-refractivity contribution in [2.24, 2.45) is 0 Å². The molecule has 1 rings (SSSR count). The number of thiazole rings is 1. The third-order valence-electron chi connectivity index (χ3n) is 2.22. The van der Waals surface area contributed by atoms with Crippen molar-refractivity contribution in [1.29, 1.82) is 0 Å². The van der Waals surface area contributed by atoms with Crippen molar-refractivity contribution in [3.8, 4) is 0 Å². The van der Waals surface area contributed by atoms with Crippen LogP contribution < -0.4 is 10.6 Å². The van der Waals surface area contributed by atoms with E-state index in [9.17, 15) is 4.79 Å². The molecule has 0 saturated carbocycles. The van der Waals surface area contributed by atoms with Gasteiger partial charge in [0.05, 0.1) is 6.04 Å². The predicted molar refractivity (Wildman–Crippen MR) is 66.6 cm³/mol. The SMILES string of the molecule is CNCCCC(=O)NC(C)c1nc(C)cs1. The van der Waals surface area contributed by atoms with Gasteiger partial charge in [0.25, 0.3) is 0 Å². The number of aryl methyl sites for hydroxylation is 1. The number of nitrogens with zero attached hydrogens (tertiary/aromatic N) is 1. The molecule has 0 bridgehead atoms. The number of aromatic nitrogens is 1. The van der Waals surface area contributed by atoms with Gasteiger partial charge in [0.1, 0.15) is 5.01 Å². The second-order valence-electron chi connectivity index (χ2n) is 3.82. The summed E-state index contributed by atoms with van der Waals surface area (Å²) in [6.45, 7) is 4.80. The van der Waals surface area contributed by atoms with Crippen molar-refractivity contribution in [2.75, 3.05) is 13.6 Å². The van der Waals surface area contributed by atoms with Gasteiger partial charge < -0.3 is 10.6 Å². The lowest BCUT2D eigenvalue weighted by atomic mass is 10.2. The van der Waals surface area contributed by atoms with Gasteiger partial charge in [-0.25, -0.2) is 4.98 Å². The molecule has 0 aliphatic rings. The number of carbonyl (C=O) groups excluding carboxylic acids is 1. The lowest BCUT2D eigenvalue weighted by Gasteiger charge is -2.10. The van der Waals surface area contributed by atoms with Crippen LogP contribution in [0, 0.1) is 6.92 Å². The zero-order valence-electron chi connectivity index (χ0n) is 10.0. The Morgan fingerprint density at radius 3 is 2.94 bits per heavy atom. The maximum atomic E-state index is 11.5. The molecule has 0 radical (unpaired) electrons. The average Bonchev–Trinajstić information content (AvgIpc) is 2.65. The minimum Gasteiger partial charge on any atom is -0.347 e. The highest BCUT2D eigenvalue weighted by atomic mass is 32.1. The highest BCUT2D eigenvalue weighted by molar-refractivity contribution is 7.09. The Balaban J connectivity index is 2.33. The number of amides is 1. The fraction of sp³-hybridized carbons (Fsp3) is 0.636. The molecule has 0 aliphatic carbocycles. The Morgan fingerprint density at radius 2 is 2.38 bits per heavy atom. The molecule has 16 heavy (non-hydrogen) atoms. The van der Waals surface area contributed by atoms with E-state index in [2.05, 4.69) is 15.6 Å². The molecule has 1 aromatic rings. The summed E-state index contributed by atoms with van der Waals surface area (Å²) < 4.78 is 0. The fourth-order valence-electron chi connectivity index (χ4n) is 1.37. The molecule has 0 spiro atoms. The molecule has 1 aromatic heterocycles. The molecule has 0 fully saturated rings. The third kappa shape index (κ3) is 4.28. The van der Waals surface area contributed by atoms with Gasteiger partial charge in [-0.2, -0.15) is 0 Å². The normalized spacial score (nSPS) is 12.4. The Hall–Kier alpha value is -0.940. The molecule has 1 unspecified atom stereocenters. The minimum absolute atomic E-state index is 0.0146. The topological polar surface area (TPSA) is 54.0 Å². The standard InChI is InChI=1S/C11H19N3OS/c1-8-7-16-11(13-8)9(2)14-10(15)5-4-6-12-3/h7,9,12H,4-6H2,1-3H3,(H,14,15). The zero-order valence-corrected chi connectivity index (χ0v) is 10.9. The van der Waals surface area contributed by atoms with Crippen LogP contribution in [0.25, 0.3) is 0 Å². The van der Waals surface area contributed by atoms with Crippen molar-refractivity contribution in [3.63, 3.8) is 0 Å². The first-order chi connectivity index (χ1) is 7.63. The number of carbonyl (C=O) groups is 1.